The molecule has 0 aliphatic carbocycles. The van der Waals surface area contributed by atoms with Gasteiger partial charge in [0.25, 0.3) is 0 Å². The first-order valence-electron chi connectivity index (χ1n) is 9.66. The third-order valence-electron chi connectivity index (χ3n) is 5.05. The summed E-state index contributed by atoms with van der Waals surface area (Å²) < 4.78 is 34.7. The van der Waals surface area contributed by atoms with E-state index < -0.39 is 16.1 Å². The Bertz CT molecular complexity index is 1110. The van der Waals surface area contributed by atoms with Gasteiger partial charge in [-0.25, -0.2) is 13.1 Å². The van der Waals surface area contributed by atoms with Gasteiger partial charge in [-0.15, -0.1) is 5.10 Å². The third-order valence-corrected chi connectivity index (χ3v) is 6.95. The molecule has 0 spiro atoms. The lowest BCUT2D eigenvalue weighted by molar-refractivity contribution is -0.124. The second-order valence-electron chi connectivity index (χ2n) is 7.03. The molecule has 1 amide bonds. The minimum atomic E-state index is -3.83. The van der Waals surface area contributed by atoms with E-state index in [0.29, 0.717) is 37.2 Å². The molecule has 3 heterocycles. The van der Waals surface area contributed by atoms with Gasteiger partial charge in [0.05, 0.1) is 23.2 Å². The highest BCUT2D eigenvalue weighted by molar-refractivity contribution is 7.89. The minimum Gasteiger partial charge on any atom is -0.467 e. The van der Waals surface area contributed by atoms with Crippen molar-refractivity contribution in [3.63, 3.8) is 0 Å². The quantitative estimate of drug-likeness (QED) is 0.629. The van der Waals surface area contributed by atoms with Crippen LogP contribution in [0.25, 0.3) is 11.0 Å². The molecule has 0 saturated carbocycles. The topological polar surface area (TPSA) is 110 Å². The summed E-state index contributed by atoms with van der Waals surface area (Å²) in [5, 5.41) is 10.9. The summed E-state index contributed by atoms with van der Waals surface area (Å²) in [6, 6.07) is 7.57. The van der Waals surface area contributed by atoms with Crippen LogP contribution in [0.2, 0.25) is 0 Å². The molecule has 29 heavy (non-hydrogen) atoms. The molecule has 10 heteroatoms. The molecule has 1 atom stereocenters. The van der Waals surface area contributed by atoms with E-state index in [-0.39, 0.29) is 17.3 Å². The monoisotopic (exact) mass is 417 g/mol. The SMILES string of the molecule is CCCn1nnc2cc(S(=O)(=O)N3CCCC3C(=O)NCc3ccco3)ccc21. The lowest BCUT2D eigenvalue weighted by Crippen LogP contribution is -2.45. The molecule has 154 valence electrons. The Balaban J connectivity index is 1.55. The fourth-order valence-electron chi connectivity index (χ4n) is 3.62. The standard InChI is InChI=1S/C19H23N5O4S/c1-2-9-23-17-8-7-15(12-16(17)21-22-23)29(26,27)24-10-3-6-18(24)19(25)20-13-14-5-4-11-28-14/h4-5,7-8,11-12,18H,2-3,6,9-10,13H2,1H3,(H,20,25). The summed E-state index contributed by atoms with van der Waals surface area (Å²) in [5.74, 6) is 0.295. The van der Waals surface area contributed by atoms with E-state index in [2.05, 4.69) is 15.6 Å². The zero-order chi connectivity index (χ0) is 20.4. The van der Waals surface area contributed by atoms with Crippen LogP contribution in [-0.4, -0.2) is 46.2 Å². The molecule has 1 unspecified atom stereocenters. The number of fused-ring (bicyclic) bond motifs is 1. The predicted octanol–water partition coefficient (Wildman–Crippen LogP) is 1.90. The van der Waals surface area contributed by atoms with Gasteiger partial charge in [0.15, 0.2) is 0 Å². The van der Waals surface area contributed by atoms with Crippen molar-refractivity contribution < 1.29 is 17.6 Å². The van der Waals surface area contributed by atoms with Crippen molar-refractivity contribution in [3.8, 4) is 0 Å². The van der Waals surface area contributed by atoms with E-state index >= 15 is 0 Å². The maximum absolute atomic E-state index is 13.2. The van der Waals surface area contributed by atoms with E-state index in [4.69, 9.17) is 4.42 Å². The number of furan rings is 1. The van der Waals surface area contributed by atoms with Crippen molar-refractivity contribution in [2.45, 2.75) is 50.2 Å². The molecule has 0 radical (unpaired) electrons. The molecule has 1 fully saturated rings. The van der Waals surface area contributed by atoms with Crippen LogP contribution in [0, 0.1) is 0 Å². The van der Waals surface area contributed by atoms with Crippen LogP contribution in [0.3, 0.4) is 0 Å². The summed E-state index contributed by atoms with van der Waals surface area (Å²) in [4.78, 5) is 12.8. The molecule has 1 aliphatic rings. The van der Waals surface area contributed by atoms with Gasteiger partial charge in [-0.1, -0.05) is 12.1 Å². The number of sulfonamides is 1. The molecule has 2 aromatic heterocycles. The van der Waals surface area contributed by atoms with Crippen LogP contribution >= 0.6 is 0 Å². The van der Waals surface area contributed by atoms with Crippen LogP contribution in [0.15, 0.2) is 45.9 Å². The normalized spacial score (nSPS) is 17.8. The third kappa shape index (κ3) is 3.77. The van der Waals surface area contributed by atoms with Gasteiger partial charge >= 0.3 is 0 Å². The Hall–Kier alpha value is -2.72. The number of nitrogens with zero attached hydrogens (tertiary/aromatic N) is 4. The number of rotatable bonds is 7. The molecular formula is C19H23N5O4S. The summed E-state index contributed by atoms with van der Waals surface area (Å²) in [6.45, 7) is 3.29. The first-order valence-corrected chi connectivity index (χ1v) is 11.1. The Kier molecular flexibility index (Phi) is 5.37. The molecule has 4 rings (SSSR count). The number of hydrogen-bond donors (Lipinski definition) is 1. The lowest BCUT2D eigenvalue weighted by Gasteiger charge is -2.23. The van der Waals surface area contributed by atoms with Crippen molar-refractivity contribution >= 4 is 27.0 Å². The second-order valence-corrected chi connectivity index (χ2v) is 8.92. The Morgan fingerprint density at radius 3 is 2.97 bits per heavy atom. The zero-order valence-corrected chi connectivity index (χ0v) is 16.9. The molecule has 1 aromatic carbocycles. The van der Waals surface area contributed by atoms with Gasteiger partial charge in [-0.2, -0.15) is 4.31 Å². The summed E-state index contributed by atoms with van der Waals surface area (Å²) in [7, 11) is -3.83. The number of aryl methyl sites for hydroxylation is 1. The number of nitrogens with one attached hydrogen (secondary N) is 1. The van der Waals surface area contributed by atoms with Gasteiger partial charge in [0.2, 0.25) is 15.9 Å². The average Bonchev–Trinajstić information content (AvgIpc) is 3.47. The fraction of sp³-hybridized carbons (Fsp3) is 0.421. The van der Waals surface area contributed by atoms with Crippen LogP contribution in [0.5, 0.6) is 0 Å². The van der Waals surface area contributed by atoms with Gasteiger partial charge in [-0.05, 0) is 49.6 Å². The van der Waals surface area contributed by atoms with Crippen molar-refractivity contribution in [2.24, 2.45) is 0 Å². The molecule has 1 saturated heterocycles. The lowest BCUT2D eigenvalue weighted by atomic mass is 10.2. The first-order chi connectivity index (χ1) is 14.0. The van der Waals surface area contributed by atoms with Crippen molar-refractivity contribution in [1.29, 1.82) is 0 Å². The molecule has 1 aliphatic heterocycles. The van der Waals surface area contributed by atoms with Gasteiger partial charge in [0, 0.05) is 13.1 Å². The number of benzene rings is 1. The molecule has 0 bridgehead atoms. The van der Waals surface area contributed by atoms with Crippen LogP contribution < -0.4 is 5.32 Å². The number of carbonyl (C=O) groups is 1. The van der Waals surface area contributed by atoms with Gasteiger partial charge < -0.3 is 9.73 Å². The van der Waals surface area contributed by atoms with Crippen LogP contribution in [0.1, 0.15) is 31.9 Å². The number of hydrogen-bond acceptors (Lipinski definition) is 6. The molecule has 3 aromatic rings. The van der Waals surface area contributed by atoms with Crippen molar-refractivity contribution in [2.75, 3.05) is 6.54 Å². The number of aromatic nitrogens is 3. The second kappa shape index (κ2) is 7.96. The summed E-state index contributed by atoms with van der Waals surface area (Å²) in [5.41, 5.74) is 1.32. The van der Waals surface area contributed by atoms with Crippen molar-refractivity contribution in [3.05, 3.63) is 42.4 Å². The van der Waals surface area contributed by atoms with Crippen LogP contribution in [0.4, 0.5) is 0 Å². The van der Waals surface area contributed by atoms with E-state index in [0.717, 1.165) is 11.9 Å². The number of amides is 1. The highest BCUT2D eigenvalue weighted by atomic mass is 32.2. The summed E-state index contributed by atoms with van der Waals surface area (Å²) in [6.07, 6.45) is 3.55. The highest BCUT2D eigenvalue weighted by Gasteiger charge is 2.39. The van der Waals surface area contributed by atoms with Crippen LogP contribution in [-0.2, 0) is 27.9 Å². The maximum atomic E-state index is 13.2. The average molecular weight is 417 g/mol. The Morgan fingerprint density at radius 1 is 1.34 bits per heavy atom. The Morgan fingerprint density at radius 2 is 2.21 bits per heavy atom. The largest absolute Gasteiger partial charge is 0.467 e. The van der Waals surface area contributed by atoms with Gasteiger partial charge in [-0.3, -0.25) is 4.79 Å². The zero-order valence-electron chi connectivity index (χ0n) is 16.1. The Labute approximate surface area is 168 Å². The predicted molar refractivity (Wildman–Crippen MR) is 105 cm³/mol. The maximum Gasteiger partial charge on any atom is 0.243 e. The first kappa shape index (κ1) is 19.6. The van der Waals surface area contributed by atoms with E-state index in [1.807, 2.05) is 6.92 Å². The van der Waals surface area contributed by atoms with E-state index in [1.165, 1.54) is 16.6 Å². The number of carbonyl (C=O) groups excluding carboxylic acids is 1. The molecule has 9 nitrogen and oxygen atoms in total. The minimum absolute atomic E-state index is 0.124. The molecular weight excluding hydrogens is 394 g/mol. The van der Waals surface area contributed by atoms with Crippen molar-refractivity contribution in [1.82, 2.24) is 24.6 Å². The summed E-state index contributed by atoms with van der Waals surface area (Å²) >= 11 is 0. The smallest absolute Gasteiger partial charge is 0.243 e. The van der Waals surface area contributed by atoms with Gasteiger partial charge in [0.1, 0.15) is 17.3 Å². The fourth-order valence-corrected chi connectivity index (χ4v) is 5.30. The van der Waals surface area contributed by atoms with E-state index in [1.54, 1.807) is 28.9 Å². The van der Waals surface area contributed by atoms with E-state index in [9.17, 15) is 13.2 Å². The molecule has 1 N–H and O–H groups in total. The highest BCUT2D eigenvalue weighted by Crippen LogP contribution is 2.28.